The molecule has 0 spiro atoms. The van der Waals surface area contributed by atoms with E-state index in [9.17, 15) is 27.6 Å². The van der Waals surface area contributed by atoms with Gasteiger partial charge in [-0.15, -0.1) is 0 Å². The van der Waals surface area contributed by atoms with Crippen molar-refractivity contribution in [1.29, 1.82) is 5.26 Å². The van der Waals surface area contributed by atoms with Crippen molar-refractivity contribution in [2.45, 2.75) is 69.7 Å². The zero-order valence-electron chi connectivity index (χ0n) is 27.5. The van der Waals surface area contributed by atoms with Crippen molar-refractivity contribution in [1.82, 2.24) is 20.7 Å². The van der Waals surface area contributed by atoms with Gasteiger partial charge in [-0.1, -0.05) is 67.8 Å². The number of carbonyl (C=O) groups excluding carboxylic acids is 4. The fraction of sp³-hybridized carbons (Fsp3) is 0.361. The van der Waals surface area contributed by atoms with Crippen LogP contribution in [0.2, 0.25) is 0 Å². The standard InChI is InChI=1S/C36H44N6O6S/c37-24-27-17-19-28(20-18-27)25-41-33(43)16-7-3-9-22-40-36(46)31-14-10-13-30(23-31)35(45)39-21-8-2-6-15-32(34(38)44)42-49(47,48)26-29-11-4-1-5-12-29/h1,4-5,10-14,17-20,23,32,42H,2-3,6-9,15-16,21-22,25-26H2,(H2,38,44)(H,39,45)(H,40,46)(H,41,43)/t32-/m1/s1. The lowest BCUT2D eigenvalue weighted by molar-refractivity contribution is -0.121. The molecule has 3 aromatic rings. The van der Waals surface area contributed by atoms with Crippen molar-refractivity contribution in [2.75, 3.05) is 13.1 Å². The molecule has 6 N–H and O–H groups in total. The Morgan fingerprint density at radius 2 is 1.33 bits per heavy atom. The third-order valence-electron chi connectivity index (χ3n) is 7.65. The molecule has 0 aliphatic carbocycles. The minimum atomic E-state index is -3.76. The molecule has 3 rings (SSSR count). The van der Waals surface area contributed by atoms with Gasteiger partial charge in [-0.25, -0.2) is 13.1 Å². The Hall–Kier alpha value is -5.06. The Morgan fingerprint density at radius 1 is 0.714 bits per heavy atom. The SMILES string of the molecule is N#Cc1ccc(CNC(=O)CCCCCNC(=O)c2cccc(C(=O)NCCCCC[C@@H](NS(=O)(=O)Cc3ccccc3)C(N)=O)c2)cc1. The van der Waals surface area contributed by atoms with Crippen molar-refractivity contribution in [3.8, 4) is 6.07 Å². The molecule has 49 heavy (non-hydrogen) atoms. The fourth-order valence-corrected chi connectivity index (χ4v) is 6.33. The van der Waals surface area contributed by atoms with Gasteiger partial charge in [0.1, 0.15) is 6.04 Å². The monoisotopic (exact) mass is 688 g/mol. The van der Waals surface area contributed by atoms with Crippen LogP contribution in [0.5, 0.6) is 0 Å². The van der Waals surface area contributed by atoms with E-state index >= 15 is 0 Å². The Labute approximate surface area is 287 Å². The number of nitriles is 1. The van der Waals surface area contributed by atoms with Crippen molar-refractivity contribution < 1.29 is 27.6 Å². The van der Waals surface area contributed by atoms with Crippen molar-refractivity contribution in [2.24, 2.45) is 5.73 Å². The second kappa shape index (κ2) is 20.3. The molecule has 0 aromatic heterocycles. The summed E-state index contributed by atoms with van der Waals surface area (Å²) in [6.45, 7) is 1.21. The molecule has 3 aromatic carbocycles. The van der Waals surface area contributed by atoms with Gasteiger partial charge in [-0.05, 0) is 67.1 Å². The molecule has 0 aliphatic heterocycles. The molecule has 12 nitrogen and oxygen atoms in total. The second-order valence-corrected chi connectivity index (χ2v) is 13.4. The van der Waals surface area contributed by atoms with E-state index in [0.717, 1.165) is 12.0 Å². The highest BCUT2D eigenvalue weighted by Crippen LogP contribution is 2.10. The summed E-state index contributed by atoms with van der Waals surface area (Å²) in [5, 5.41) is 17.4. The number of unbranched alkanes of at least 4 members (excludes halogenated alkanes) is 4. The summed E-state index contributed by atoms with van der Waals surface area (Å²) in [7, 11) is -3.76. The van der Waals surface area contributed by atoms with E-state index < -0.39 is 22.0 Å². The average Bonchev–Trinajstić information content (AvgIpc) is 3.09. The van der Waals surface area contributed by atoms with Crippen LogP contribution in [-0.2, 0) is 31.9 Å². The van der Waals surface area contributed by atoms with Gasteiger partial charge < -0.3 is 21.7 Å². The molecular weight excluding hydrogens is 644 g/mol. The first kappa shape index (κ1) is 38.4. The third-order valence-corrected chi connectivity index (χ3v) is 9.00. The number of nitrogens with zero attached hydrogens (tertiary/aromatic N) is 1. The molecule has 0 bridgehead atoms. The molecule has 13 heteroatoms. The quantitative estimate of drug-likeness (QED) is 0.106. The Morgan fingerprint density at radius 3 is 1.92 bits per heavy atom. The minimum absolute atomic E-state index is 0.0553. The molecule has 0 fully saturated rings. The summed E-state index contributed by atoms with van der Waals surface area (Å²) < 4.78 is 27.4. The topological polar surface area (TPSA) is 200 Å². The number of primary amides is 1. The normalized spacial score (nSPS) is 11.6. The van der Waals surface area contributed by atoms with Gasteiger partial charge in [0, 0.05) is 37.2 Å². The van der Waals surface area contributed by atoms with E-state index in [1.807, 2.05) is 12.1 Å². The Balaban J connectivity index is 1.28. The molecule has 4 amide bonds. The lowest BCUT2D eigenvalue weighted by atomic mass is 10.1. The molecule has 0 heterocycles. The van der Waals surface area contributed by atoms with Gasteiger partial charge >= 0.3 is 0 Å². The molecule has 0 saturated heterocycles. The smallest absolute Gasteiger partial charge is 0.251 e. The lowest BCUT2D eigenvalue weighted by Crippen LogP contribution is -2.44. The number of hydrogen-bond acceptors (Lipinski definition) is 7. The maximum absolute atomic E-state index is 12.7. The molecule has 1 atom stereocenters. The first-order chi connectivity index (χ1) is 23.6. The van der Waals surface area contributed by atoms with Crippen LogP contribution < -0.4 is 26.4 Å². The van der Waals surface area contributed by atoms with E-state index in [2.05, 4.69) is 26.7 Å². The Kier molecular flexibility index (Phi) is 15.9. The van der Waals surface area contributed by atoms with Crippen LogP contribution >= 0.6 is 0 Å². The number of amides is 4. The molecular formula is C36H44N6O6S. The number of benzene rings is 3. The van der Waals surface area contributed by atoms with Crippen molar-refractivity contribution in [3.63, 3.8) is 0 Å². The first-order valence-corrected chi connectivity index (χ1v) is 18.0. The first-order valence-electron chi connectivity index (χ1n) is 16.3. The minimum Gasteiger partial charge on any atom is -0.368 e. The van der Waals surface area contributed by atoms with Crippen LogP contribution in [0.3, 0.4) is 0 Å². The van der Waals surface area contributed by atoms with Gasteiger partial charge in [-0.3, -0.25) is 19.2 Å². The lowest BCUT2D eigenvalue weighted by Gasteiger charge is -2.16. The fourth-order valence-electron chi connectivity index (χ4n) is 4.94. The van der Waals surface area contributed by atoms with E-state index in [0.29, 0.717) is 80.4 Å². The average molecular weight is 689 g/mol. The number of nitrogens with two attached hydrogens (primary N) is 1. The highest BCUT2D eigenvalue weighted by atomic mass is 32.2. The number of carbonyl (C=O) groups is 4. The third kappa shape index (κ3) is 14.7. The molecule has 0 saturated carbocycles. The van der Waals surface area contributed by atoms with E-state index in [4.69, 9.17) is 11.0 Å². The van der Waals surface area contributed by atoms with Crippen molar-refractivity contribution >= 4 is 33.7 Å². The zero-order chi connectivity index (χ0) is 35.5. The summed E-state index contributed by atoms with van der Waals surface area (Å²) in [6.07, 6.45) is 4.54. The van der Waals surface area contributed by atoms with Gasteiger partial charge in [0.25, 0.3) is 11.8 Å². The number of hydrogen-bond donors (Lipinski definition) is 5. The van der Waals surface area contributed by atoms with Crippen LogP contribution in [0.25, 0.3) is 0 Å². The van der Waals surface area contributed by atoms with Crippen molar-refractivity contribution in [3.05, 3.63) is 107 Å². The van der Waals surface area contributed by atoms with Gasteiger partial charge in [0.2, 0.25) is 21.8 Å². The summed E-state index contributed by atoms with van der Waals surface area (Å²) in [5.41, 5.74) is 8.24. The highest BCUT2D eigenvalue weighted by molar-refractivity contribution is 7.88. The maximum atomic E-state index is 12.7. The predicted octanol–water partition coefficient (Wildman–Crippen LogP) is 3.43. The van der Waals surface area contributed by atoms with Crippen LogP contribution in [-0.4, -0.2) is 51.2 Å². The predicted molar refractivity (Wildman–Crippen MR) is 186 cm³/mol. The van der Waals surface area contributed by atoms with E-state index in [-0.39, 0.29) is 29.9 Å². The molecule has 260 valence electrons. The number of sulfonamides is 1. The summed E-state index contributed by atoms with van der Waals surface area (Å²) in [5.74, 6) is -1.67. The van der Waals surface area contributed by atoms with Gasteiger partial charge in [0.15, 0.2) is 0 Å². The maximum Gasteiger partial charge on any atom is 0.251 e. The largest absolute Gasteiger partial charge is 0.368 e. The van der Waals surface area contributed by atoms with Crippen LogP contribution in [0, 0.1) is 11.3 Å². The second-order valence-electron chi connectivity index (χ2n) is 11.7. The van der Waals surface area contributed by atoms with Crippen LogP contribution in [0.15, 0.2) is 78.9 Å². The summed E-state index contributed by atoms with van der Waals surface area (Å²) in [6, 6.07) is 23.2. The van der Waals surface area contributed by atoms with Crippen LogP contribution in [0.1, 0.15) is 88.8 Å². The molecule has 0 radical (unpaired) electrons. The Bertz CT molecular complexity index is 1690. The number of nitrogens with one attached hydrogen (secondary N) is 4. The van der Waals surface area contributed by atoms with E-state index in [1.165, 1.54) is 6.07 Å². The van der Waals surface area contributed by atoms with Gasteiger partial charge in [0.05, 0.1) is 17.4 Å². The van der Waals surface area contributed by atoms with Gasteiger partial charge in [-0.2, -0.15) is 5.26 Å². The van der Waals surface area contributed by atoms with E-state index in [1.54, 1.807) is 60.7 Å². The zero-order valence-corrected chi connectivity index (χ0v) is 28.3. The van der Waals surface area contributed by atoms with Crippen LogP contribution in [0.4, 0.5) is 0 Å². The highest BCUT2D eigenvalue weighted by Gasteiger charge is 2.22. The summed E-state index contributed by atoms with van der Waals surface area (Å²) in [4.78, 5) is 49.3. The number of rotatable bonds is 21. The molecule has 0 aliphatic rings. The molecule has 0 unspecified atom stereocenters. The summed E-state index contributed by atoms with van der Waals surface area (Å²) >= 11 is 0.